The largest absolute Gasteiger partial charge is 0.326 e. The molecule has 0 bridgehead atoms. The van der Waals surface area contributed by atoms with E-state index in [-0.39, 0.29) is 18.9 Å². The summed E-state index contributed by atoms with van der Waals surface area (Å²) < 4.78 is 26.2. The van der Waals surface area contributed by atoms with Gasteiger partial charge in [0.2, 0.25) is 15.9 Å². The molecule has 0 aromatic heterocycles. The third-order valence-electron chi connectivity index (χ3n) is 5.95. The number of carbonyl (C=O) groups excluding carboxylic acids is 1. The summed E-state index contributed by atoms with van der Waals surface area (Å²) in [5, 5.41) is 5.37. The Morgan fingerprint density at radius 2 is 1.77 bits per heavy atom. The van der Waals surface area contributed by atoms with Crippen molar-refractivity contribution in [1.29, 1.82) is 0 Å². The van der Waals surface area contributed by atoms with Crippen LogP contribution < -0.4 is 9.62 Å². The molecule has 1 N–H and O–H groups in total. The summed E-state index contributed by atoms with van der Waals surface area (Å²) in [5.41, 5.74) is 6.06. The van der Waals surface area contributed by atoms with Crippen molar-refractivity contribution in [1.82, 2.24) is 0 Å². The average molecular weight is 437 g/mol. The molecule has 6 heteroatoms. The van der Waals surface area contributed by atoms with E-state index in [1.807, 2.05) is 44.2 Å². The first-order valence-electron chi connectivity index (χ1n) is 10.6. The molecule has 4 rings (SSSR count). The van der Waals surface area contributed by atoms with Crippen LogP contribution in [0.2, 0.25) is 0 Å². The zero-order valence-electron chi connectivity index (χ0n) is 18.2. The van der Waals surface area contributed by atoms with Crippen LogP contribution in [0.3, 0.4) is 0 Å². The van der Waals surface area contributed by atoms with E-state index in [1.165, 1.54) is 27.1 Å². The molecule has 31 heavy (non-hydrogen) atoms. The zero-order chi connectivity index (χ0) is 22.2. The lowest BCUT2D eigenvalue weighted by atomic mass is 10.0. The molecule has 0 spiro atoms. The van der Waals surface area contributed by atoms with E-state index in [4.69, 9.17) is 0 Å². The van der Waals surface area contributed by atoms with Crippen molar-refractivity contribution < 1.29 is 13.2 Å². The van der Waals surface area contributed by atoms with Crippen LogP contribution in [0.1, 0.15) is 35.1 Å². The van der Waals surface area contributed by atoms with Crippen molar-refractivity contribution in [2.24, 2.45) is 0 Å². The fraction of sp³-hybridized carbons (Fsp3) is 0.320. The molecule has 1 aliphatic carbocycles. The summed E-state index contributed by atoms with van der Waals surface area (Å²) in [5.74, 6) is -0.104. The number of aryl methyl sites for hydroxylation is 4. The molecule has 0 saturated carbocycles. The maximum Gasteiger partial charge on any atom is 0.232 e. The molecular weight excluding hydrogens is 408 g/mol. The number of carbonyl (C=O) groups is 1. The molecule has 0 aliphatic heterocycles. The standard InChI is InChI=1S/C25H28N2O3S/c1-17-9-10-18(2)23(16-17)27(31(3,29)30)15-5-8-24(28)26-22-14-13-20-12-11-19-6-4-7-21(22)25(19)20/h4,6-7,9-10,13-14,16H,5,8,11-12,15H2,1-3H3,(H,26,28). The molecular formula is C25H28N2O3S. The molecule has 0 unspecified atom stereocenters. The van der Waals surface area contributed by atoms with Gasteiger partial charge >= 0.3 is 0 Å². The van der Waals surface area contributed by atoms with Crippen molar-refractivity contribution >= 4 is 38.1 Å². The predicted octanol–water partition coefficient (Wildman–Crippen LogP) is 4.74. The third-order valence-corrected chi connectivity index (χ3v) is 7.13. The minimum Gasteiger partial charge on any atom is -0.326 e. The number of hydrogen-bond donors (Lipinski definition) is 1. The maximum atomic E-state index is 12.7. The number of sulfonamides is 1. The fourth-order valence-electron chi connectivity index (χ4n) is 4.40. The van der Waals surface area contributed by atoms with Gasteiger partial charge in [-0.05, 0) is 72.9 Å². The predicted molar refractivity (Wildman–Crippen MR) is 127 cm³/mol. The van der Waals surface area contributed by atoms with Crippen LogP contribution >= 0.6 is 0 Å². The highest BCUT2D eigenvalue weighted by Gasteiger charge is 2.20. The summed E-state index contributed by atoms with van der Waals surface area (Å²) in [7, 11) is -3.44. The van der Waals surface area contributed by atoms with E-state index in [0.29, 0.717) is 12.1 Å². The molecule has 0 heterocycles. The molecule has 0 saturated heterocycles. The lowest BCUT2D eigenvalue weighted by Crippen LogP contribution is -2.32. The molecule has 1 amide bonds. The van der Waals surface area contributed by atoms with E-state index in [1.54, 1.807) is 0 Å². The molecule has 0 radical (unpaired) electrons. The first-order valence-corrected chi connectivity index (χ1v) is 12.5. The second kappa shape index (κ2) is 8.35. The van der Waals surface area contributed by atoms with Crippen molar-refractivity contribution in [3.8, 4) is 0 Å². The number of anilines is 2. The number of amides is 1. The van der Waals surface area contributed by atoms with Gasteiger partial charge in [0, 0.05) is 24.0 Å². The smallest absolute Gasteiger partial charge is 0.232 e. The Labute approximate surface area is 184 Å². The number of benzene rings is 3. The summed E-state index contributed by atoms with van der Waals surface area (Å²) in [6.07, 6.45) is 3.99. The highest BCUT2D eigenvalue weighted by atomic mass is 32.2. The first-order chi connectivity index (χ1) is 14.7. The van der Waals surface area contributed by atoms with Crippen molar-refractivity contribution in [3.05, 3.63) is 70.8 Å². The van der Waals surface area contributed by atoms with Gasteiger partial charge in [-0.15, -0.1) is 0 Å². The van der Waals surface area contributed by atoms with Gasteiger partial charge < -0.3 is 5.32 Å². The second-order valence-electron chi connectivity index (χ2n) is 8.39. The van der Waals surface area contributed by atoms with Gasteiger partial charge in [-0.3, -0.25) is 9.10 Å². The summed E-state index contributed by atoms with van der Waals surface area (Å²) in [6.45, 7) is 4.10. The van der Waals surface area contributed by atoms with Crippen LogP contribution in [-0.2, 0) is 27.7 Å². The normalized spacial score (nSPS) is 12.9. The summed E-state index contributed by atoms with van der Waals surface area (Å²) >= 11 is 0. The lowest BCUT2D eigenvalue weighted by molar-refractivity contribution is -0.116. The Morgan fingerprint density at radius 3 is 2.52 bits per heavy atom. The minimum atomic E-state index is -3.44. The SMILES string of the molecule is Cc1ccc(C)c(N(CCCC(=O)Nc2ccc3c4c(cccc24)CC3)S(C)(=O)=O)c1. The van der Waals surface area contributed by atoms with E-state index in [0.717, 1.165) is 35.0 Å². The highest BCUT2D eigenvalue weighted by molar-refractivity contribution is 7.92. The van der Waals surface area contributed by atoms with Crippen LogP contribution in [0.5, 0.6) is 0 Å². The average Bonchev–Trinajstić information content (AvgIpc) is 3.13. The van der Waals surface area contributed by atoms with Gasteiger partial charge in [-0.25, -0.2) is 8.42 Å². The highest BCUT2D eigenvalue weighted by Crippen LogP contribution is 2.35. The number of rotatable bonds is 7. The number of nitrogens with zero attached hydrogens (tertiary/aromatic N) is 1. The Hall–Kier alpha value is -2.86. The maximum absolute atomic E-state index is 12.7. The van der Waals surface area contributed by atoms with Crippen molar-refractivity contribution in [2.75, 3.05) is 22.4 Å². The van der Waals surface area contributed by atoms with E-state index in [9.17, 15) is 13.2 Å². The van der Waals surface area contributed by atoms with Gasteiger partial charge in [-0.2, -0.15) is 0 Å². The van der Waals surface area contributed by atoms with Gasteiger partial charge in [0.05, 0.1) is 11.9 Å². The monoisotopic (exact) mass is 436 g/mol. The molecule has 3 aromatic rings. The van der Waals surface area contributed by atoms with Crippen LogP contribution in [0, 0.1) is 13.8 Å². The van der Waals surface area contributed by atoms with Crippen molar-refractivity contribution in [2.45, 2.75) is 39.5 Å². The molecule has 0 fully saturated rings. The second-order valence-corrected chi connectivity index (χ2v) is 10.3. The molecule has 0 atom stereocenters. The molecule has 1 aliphatic rings. The zero-order valence-corrected chi connectivity index (χ0v) is 19.1. The third kappa shape index (κ3) is 4.44. The first kappa shape index (κ1) is 21.4. The topological polar surface area (TPSA) is 66.5 Å². The van der Waals surface area contributed by atoms with Gasteiger partial charge in [0.25, 0.3) is 0 Å². The Bertz CT molecular complexity index is 1250. The van der Waals surface area contributed by atoms with Crippen molar-refractivity contribution in [3.63, 3.8) is 0 Å². The van der Waals surface area contributed by atoms with Gasteiger partial charge in [0.15, 0.2) is 0 Å². The van der Waals surface area contributed by atoms with E-state index >= 15 is 0 Å². The van der Waals surface area contributed by atoms with Gasteiger partial charge in [0.1, 0.15) is 0 Å². The Kier molecular flexibility index (Phi) is 5.75. The Morgan fingerprint density at radius 1 is 1.03 bits per heavy atom. The quantitative estimate of drug-likeness (QED) is 0.582. The van der Waals surface area contributed by atoms with Crippen LogP contribution in [0.25, 0.3) is 10.8 Å². The molecule has 3 aromatic carbocycles. The van der Waals surface area contributed by atoms with Gasteiger partial charge in [-0.1, -0.05) is 36.4 Å². The van der Waals surface area contributed by atoms with E-state index < -0.39 is 10.0 Å². The summed E-state index contributed by atoms with van der Waals surface area (Å²) in [6, 6.07) is 16.1. The minimum absolute atomic E-state index is 0.104. The van der Waals surface area contributed by atoms with Crippen LogP contribution in [-0.4, -0.2) is 27.1 Å². The van der Waals surface area contributed by atoms with Crippen LogP contribution in [0.4, 0.5) is 11.4 Å². The summed E-state index contributed by atoms with van der Waals surface area (Å²) in [4.78, 5) is 12.7. The molecule has 5 nitrogen and oxygen atoms in total. The Balaban J connectivity index is 1.45. The number of hydrogen-bond acceptors (Lipinski definition) is 3. The van der Waals surface area contributed by atoms with E-state index in [2.05, 4.69) is 23.5 Å². The molecule has 162 valence electrons. The fourth-order valence-corrected chi connectivity index (χ4v) is 5.42. The lowest BCUT2D eigenvalue weighted by Gasteiger charge is -2.24. The van der Waals surface area contributed by atoms with Crippen LogP contribution in [0.15, 0.2) is 48.5 Å². The number of nitrogens with one attached hydrogen (secondary N) is 1.